The van der Waals surface area contributed by atoms with Crippen LogP contribution < -0.4 is 10.6 Å². The maximum Gasteiger partial charge on any atom is 0.469 e. The second kappa shape index (κ2) is 82.3. The molecular formula is C102H193N2O21P. The second-order valence-electron chi connectivity index (χ2n) is 37.7. The number of phosphoric ester groups is 1. The Bertz CT molecular complexity index is 2620. The Balaban J connectivity index is 2.65. The minimum Gasteiger partial charge on any atom is -0.462 e. The van der Waals surface area contributed by atoms with Crippen LogP contribution in [0.3, 0.4) is 0 Å². The molecule has 2 heterocycles. The molecule has 0 spiro atoms. The number of hydrogen-bond acceptors (Lipinski definition) is 19. The van der Waals surface area contributed by atoms with E-state index in [1.54, 1.807) is 0 Å². The van der Waals surface area contributed by atoms with E-state index in [2.05, 4.69) is 52.2 Å². The fourth-order valence-electron chi connectivity index (χ4n) is 17.8. The maximum absolute atomic E-state index is 14.9. The number of carbonyl (C=O) groups excluding carboxylic acids is 6. The SMILES string of the molecule is CCCCCCCCCCCCCCCC(=O)OC(CCCCCCCCCCC)CC(=O)NC1C(OC(=O)CC(O)CCCCCCCCCCC)[C@H](O)C(CO[C@@H]2OC(CO)CC(OC(=O)CC(CCCCCCCCCCC)OC(=O)CCCCCCCCCCCCCCC)C2NC(=O)CC(O)CCCCCCCCCCC)O[C@H]1CCOP(=O)(O)O. The van der Waals surface area contributed by atoms with Gasteiger partial charge in [-0.15, -0.1) is 0 Å². The molecule has 126 heavy (non-hydrogen) atoms. The van der Waals surface area contributed by atoms with Gasteiger partial charge in [0.2, 0.25) is 11.8 Å². The number of esters is 4. The topological polar surface area (TPSA) is 339 Å². The number of aliphatic hydroxyl groups excluding tert-OH is 4. The molecule has 8 N–H and O–H groups in total. The van der Waals surface area contributed by atoms with Crippen LogP contribution in [0.4, 0.5) is 0 Å². The largest absolute Gasteiger partial charge is 0.469 e. The number of carbonyl (C=O) groups is 6. The molecule has 0 saturated carbocycles. The van der Waals surface area contributed by atoms with Crippen molar-refractivity contribution in [1.82, 2.24) is 10.6 Å². The summed E-state index contributed by atoms with van der Waals surface area (Å²) in [7, 11) is -5.13. The van der Waals surface area contributed by atoms with Crippen LogP contribution in [0.15, 0.2) is 0 Å². The Hall–Kier alpha value is -3.35. The van der Waals surface area contributed by atoms with Crippen LogP contribution in [0.1, 0.15) is 517 Å². The lowest BCUT2D eigenvalue weighted by Gasteiger charge is -2.46. The first-order chi connectivity index (χ1) is 61.2. The Morgan fingerprint density at radius 1 is 0.373 bits per heavy atom. The zero-order chi connectivity index (χ0) is 92.0. The third-order valence-corrected chi connectivity index (χ3v) is 26.1. The molecule has 23 nitrogen and oxygen atoms in total. The third-order valence-electron chi connectivity index (χ3n) is 25.6. The molecule has 0 aromatic carbocycles. The van der Waals surface area contributed by atoms with Gasteiger partial charge in [-0.25, -0.2) is 4.57 Å². The minimum atomic E-state index is -5.13. The number of hydrogen-bond donors (Lipinski definition) is 8. The van der Waals surface area contributed by atoms with E-state index in [0.717, 1.165) is 167 Å². The average Bonchev–Trinajstić information content (AvgIpc) is 0.789. The molecule has 2 rings (SSSR count). The summed E-state index contributed by atoms with van der Waals surface area (Å²) in [6.07, 6.45) is 53.5. The van der Waals surface area contributed by atoms with Crippen LogP contribution in [-0.2, 0) is 71.0 Å². The molecule has 0 aromatic heterocycles. The number of rotatable bonds is 90. The standard InChI is InChI=1S/C102H193N2O21P/c1-7-13-19-25-31-37-39-41-43-49-55-61-67-73-94(110)120-86(71-65-59-53-47-35-29-23-17-11-5)80-93(109)103-98-89(75-76-119-126(115,116)117)123-91(100(114)101(98)125-96(112)78-85(107)70-64-58-52-46-34-28-22-16-10-4)83-118-102-99(104-92(108)77-84(106)69-63-57-51-45-33-27-21-15-9-3)90(79-88(82-105)122-102)124-97(113)81-87(72-66-60-54-48-36-30-24-18-12-6)121-95(111)74-68-62-56-50-44-42-40-38-32-26-20-14-8-2/h84-91,98-102,105-107,114H,7-83H2,1-6H3,(H,103,109)(H,104,108)(H2,115,116,117)/t84?,85?,86?,87?,88?,89-,90?,91?,98?,99?,100+,101?,102+/m0/s1. The lowest BCUT2D eigenvalue weighted by atomic mass is 9.90. The summed E-state index contributed by atoms with van der Waals surface area (Å²) in [5.74, 6) is -3.76. The highest BCUT2D eigenvalue weighted by atomic mass is 31.2. The van der Waals surface area contributed by atoms with Crippen LogP contribution in [0.5, 0.6) is 0 Å². The maximum atomic E-state index is 14.9. The summed E-state index contributed by atoms with van der Waals surface area (Å²) in [5, 5.41) is 52.5. The van der Waals surface area contributed by atoms with E-state index in [-0.39, 0.29) is 51.4 Å². The fourth-order valence-corrected chi connectivity index (χ4v) is 18.1. The summed E-state index contributed by atoms with van der Waals surface area (Å²) in [5.41, 5.74) is 0. The summed E-state index contributed by atoms with van der Waals surface area (Å²) in [6, 6.07) is -2.80. The first-order valence-corrected chi connectivity index (χ1v) is 54.4. The molecule has 13 atom stereocenters. The van der Waals surface area contributed by atoms with E-state index in [9.17, 15) is 63.5 Å². The monoisotopic (exact) mass is 1810 g/mol. The average molecular weight is 1810 g/mol. The molecule has 2 fully saturated rings. The molecule has 0 aliphatic carbocycles. The fraction of sp³-hybridized carbons (Fsp3) is 0.941. The number of aliphatic hydroxyl groups is 4. The van der Waals surface area contributed by atoms with Gasteiger partial charge in [0.25, 0.3) is 0 Å². The second-order valence-corrected chi connectivity index (χ2v) is 38.9. The van der Waals surface area contributed by atoms with Crippen LogP contribution in [0.2, 0.25) is 0 Å². The van der Waals surface area contributed by atoms with Gasteiger partial charge in [0, 0.05) is 19.3 Å². The van der Waals surface area contributed by atoms with Crippen molar-refractivity contribution < 1.29 is 101 Å². The molecule has 2 aliphatic heterocycles. The Morgan fingerprint density at radius 2 is 0.690 bits per heavy atom. The van der Waals surface area contributed by atoms with Gasteiger partial charge in [0.05, 0.1) is 76.0 Å². The number of nitrogens with one attached hydrogen (secondary N) is 2. The first kappa shape index (κ1) is 119. The van der Waals surface area contributed by atoms with E-state index in [0.29, 0.717) is 57.8 Å². The van der Waals surface area contributed by atoms with Crippen molar-refractivity contribution in [1.29, 1.82) is 0 Å². The van der Waals surface area contributed by atoms with Gasteiger partial charge in [0.15, 0.2) is 12.4 Å². The van der Waals surface area contributed by atoms with Gasteiger partial charge in [-0.1, -0.05) is 414 Å². The van der Waals surface area contributed by atoms with Crippen molar-refractivity contribution in [3.63, 3.8) is 0 Å². The van der Waals surface area contributed by atoms with Crippen molar-refractivity contribution in [2.24, 2.45) is 0 Å². The normalized spacial score (nSPS) is 19.4. The summed E-state index contributed by atoms with van der Waals surface area (Å²) < 4.78 is 62.0. The molecule has 0 aromatic rings. The zero-order valence-electron chi connectivity index (χ0n) is 81.2. The van der Waals surface area contributed by atoms with E-state index in [1.165, 1.54) is 193 Å². The van der Waals surface area contributed by atoms with Crippen molar-refractivity contribution in [2.75, 3.05) is 19.8 Å². The number of ether oxygens (including phenoxy) is 7. The van der Waals surface area contributed by atoms with Crippen LogP contribution in [-0.4, -0.2) is 165 Å². The lowest BCUT2D eigenvalue weighted by Crippen LogP contribution is -2.66. The minimum absolute atomic E-state index is 0.136. The molecule has 742 valence electrons. The van der Waals surface area contributed by atoms with Crippen LogP contribution in [0.25, 0.3) is 0 Å². The van der Waals surface area contributed by atoms with Crippen LogP contribution in [0, 0.1) is 0 Å². The predicted octanol–water partition coefficient (Wildman–Crippen LogP) is 24.3. The van der Waals surface area contributed by atoms with Crippen molar-refractivity contribution in [2.45, 2.75) is 596 Å². The Morgan fingerprint density at radius 3 is 1.06 bits per heavy atom. The molecule has 10 unspecified atom stereocenters. The van der Waals surface area contributed by atoms with Gasteiger partial charge in [-0.2, -0.15) is 0 Å². The molecule has 2 saturated heterocycles. The highest BCUT2D eigenvalue weighted by Crippen LogP contribution is 2.38. The van der Waals surface area contributed by atoms with Gasteiger partial charge < -0.3 is 74.0 Å². The smallest absolute Gasteiger partial charge is 0.462 e. The highest BCUT2D eigenvalue weighted by molar-refractivity contribution is 7.46. The number of amides is 2. The molecule has 0 bridgehead atoms. The van der Waals surface area contributed by atoms with Gasteiger partial charge in [-0.3, -0.25) is 33.3 Å². The molecule has 2 amide bonds. The summed E-state index contributed by atoms with van der Waals surface area (Å²) in [6.45, 7) is 11.3. The molecular weight excluding hydrogens is 1620 g/mol. The van der Waals surface area contributed by atoms with E-state index in [1.807, 2.05) is 0 Å². The summed E-state index contributed by atoms with van der Waals surface area (Å²) >= 11 is 0. The van der Waals surface area contributed by atoms with Crippen molar-refractivity contribution in [3.8, 4) is 0 Å². The number of unbranched alkanes of at least 4 members (excludes halogenated alkanes) is 56. The van der Waals surface area contributed by atoms with E-state index >= 15 is 0 Å². The van der Waals surface area contributed by atoms with Gasteiger partial charge >= 0.3 is 31.7 Å². The summed E-state index contributed by atoms with van der Waals surface area (Å²) in [4.78, 5) is 106. The number of phosphoric acid groups is 1. The van der Waals surface area contributed by atoms with Crippen molar-refractivity contribution in [3.05, 3.63) is 0 Å². The Kier molecular flexibility index (Phi) is 77.6. The molecule has 0 radical (unpaired) electrons. The van der Waals surface area contributed by atoms with Gasteiger partial charge in [0.1, 0.15) is 36.6 Å². The first-order valence-electron chi connectivity index (χ1n) is 52.8. The third kappa shape index (κ3) is 66.9. The lowest BCUT2D eigenvalue weighted by molar-refractivity contribution is -0.267. The Labute approximate surface area is 767 Å². The highest BCUT2D eigenvalue weighted by Gasteiger charge is 2.50. The van der Waals surface area contributed by atoms with E-state index < -0.39 is 149 Å². The quantitative estimate of drug-likeness (QED) is 0.0121. The predicted molar refractivity (Wildman–Crippen MR) is 505 cm³/mol. The van der Waals surface area contributed by atoms with Crippen molar-refractivity contribution >= 4 is 43.5 Å². The van der Waals surface area contributed by atoms with E-state index in [4.69, 9.17) is 37.7 Å². The van der Waals surface area contributed by atoms with Crippen LogP contribution >= 0.6 is 7.82 Å². The van der Waals surface area contributed by atoms with Gasteiger partial charge in [-0.05, 0) is 57.8 Å². The molecule has 2 aliphatic rings. The molecule has 24 heteroatoms. The zero-order valence-corrected chi connectivity index (χ0v) is 82.1.